The fraction of sp³-hybridized carbons (Fsp3) is 0.341. The Morgan fingerprint density at radius 2 is 1.20 bits per heavy atom. The first-order valence-electron chi connectivity index (χ1n) is 18.7. The Labute approximate surface area is 349 Å². The van der Waals surface area contributed by atoms with E-state index in [1.165, 1.54) is 24.3 Å². The molecule has 7 rings (SSSR count). The van der Waals surface area contributed by atoms with Gasteiger partial charge in [-0.3, -0.25) is 23.2 Å². The number of rotatable bonds is 19. The number of nitrogens with one attached hydrogen (secondary N) is 3. The van der Waals surface area contributed by atoms with Gasteiger partial charge in [0, 0.05) is 30.6 Å². The van der Waals surface area contributed by atoms with Crippen LogP contribution in [-0.4, -0.2) is 61.5 Å². The minimum atomic E-state index is -4.12. The predicted molar refractivity (Wildman–Crippen MR) is 213 cm³/mol. The van der Waals surface area contributed by atoms with Gasteiger partial charge in [0.05, 0.1) is 35.4 Å². The highest BCUT2D eigenvalue weighted by Gasteiger charge is 2.57. The number of benzene rings is 4. The zero-order valence-electron chi connectivity index (χ0n) is 31.6. The lowest BCUT2D eigenvalue weighted by atomic mass is 9.59. The van der Waals surface area contributed by atoms with E-state index in [0.717, 1.165) is 23.3 Å². The molecular formula is C41H42Cl2F2N3O10P. The van der Waals surface area contributed by atoms with Gasteiger partial charge in [-0.25, -0.2) is 18.1 Å². The van der Waals surface area contributed by atoms with Crippen LogP contribution in [0.25, 0.3) is 0 Å². The Kier molecular flexibility index (Phi) is 14.8. The van der Waals surface area contributed by atoms with Gasteiger partial charge in [0.25, 0.3) is 11.8 Å². The van der Waals surface area contributed by atoms with Crippen molar-refractivity contribution in [2.45, 2.75) is 62.5 Å². The summed E-state index contributed by atoms with van der Waals surface area (Å²) in [4.78, 5) is 39.7. The van der Waals surface area contributed by atoms with Crippen molar-refractivity contribution in [3.8, 4) is 11.5 Å². The fourth-order valence-corrected chi connectivity index (χ4v) is 8.30. The average Bonchev–Trinajstić information content (AvgIpc) is 3.23. The van der Waals surface area contributed by atoms with Gasteiger partial charge < -0.3 is 30.2 Å². The van der Waals surface area contributed by atoms with Crippen molar-refractivity contribution in [1.82, 2.24) is 16.0 Å². The Bertz CT molecular complexity index is 2080. The molecule has 1 unspecified atom stereocenters. The minimum Gasteiger partial charge on any atom is -0.484 e. The number of carbonyl (C=O) groups is 3. The van der Waals surface area contributed by atoms with Crippen molar-refractivity contribution in [1.29, 1.82) is 0 Å². The minimum absolute atomic E-state index is 0.0520. The van der Waals surface area contributed by atoms with Crippen LogP contribution in [0.4, 0.5) is 13.6 Å². The van der Waals surface area contributed by atoms with Gasteiger partial charge in [-0.05, 0) is 61.1 Å². The molecule has 3 aliphatic carbocycles. The highest BCUT2D eigenvalue weighted by molar-refractivity contribution is 7.48. The van der Waals surface area contributed by atoms with E-state index in [-0.39, 0.29) is 54.3 Å². The first kappa shape index (κ1) is 43.8. The molecule has 0 aromatic heterocycles. The van der Waals surface area contributed by atoms with E-state index in [2.05, 4.69) is 16.0 Å². The molecule has 4 aromatic carbocycles. The molecule has 2 bridgehead atoms. The van der Waals surface area contributed by atoms with Crippen molar-refractivity contribution in [2.75, 3.05) is 26.4 Å². The molecule has 0 aliphatic heterocycles. The number of phosphoric ester groups is 1. The maximum atomic E-state index is 14.0. The number of hydrogen-bond acceptors (Lipinski definition) is 10. The Morgan fingerprint density at radius 3 is 1.71 bits per heavy atom. The predicted octanol–water partition coefficient (Wildman–Crippen LogP) is 8.07. The first-order chi connectivity index (χ1) is 28.3. The second-order valence-electron chi connectivity index (χ2n) is 14.1. The maximum Gasteiger partial charge on any atom is 0.475 e. The van der Waals surface area contributed by atoms with Crippen molar-refractivity contribution in [2.24, 2.45) is 0 Å². The molecule has 0 spiro atoms. The maximum absolute atomic E-state index is 14.0. The molecule has 0 saturated heterocycles. The summed E-state index contributed by atoms with van der Waals surface area (Å²) in [6, 6.07) is 25.7. The summed E-state index contributed by atoms with van der Waals surface area (Å²) in [7, 11) is -4.12. The second-order valence-corrected chi connectivity index (χ2v) is 16.6. The van der Waals surface area contributed by atoms with Gasteiger partial charge in [0.2, 0.25) is 0 Å². The smallest absolute Gasteiger partial charge is 0.475 e. The Hall–Kier alpha value is -4.76. The van der Waals surface area contributed by atoms with E-state index in [1.807, 2.05) is 36.4 Å². The number of alkyl carbamates (subject to hydrolysis) is 1. The van der Waals surface area contributed by atoms with Crippen LogP contribution in [0.1, 0.15) is 43.2 Å². The quantitative estimate of drug-likeness (QED) is 0.0621. The van der Waals surface area contributed by atoms with Gasteiger partial charge in [-0.2, -0.15) is 0 Å². The molecule has 3 aliphatic rings. The summed E-state index contributed by atoms with van der Waals surface area (Å²) in [6.07, 6.45) is -0.254. The molecule has 18 heteroatoms. The van der Waals surface area contributed by atoms with Crippen LogP contribution in [-0.2, 0) is 45.7 Å². The summed E-state index contributed by atoms with van der Waals surface area (Å²) in [5, 5.41) is 8.38. The monoisotopic (exact) mass is 875 g/mol. The number of amides is 3. The normalized spacial score (nSPS) is 19.7. The zero-order chi connectivity index (χ0) is 41.9. The largest absolute Gasteiger partial charge is 0.484 e. The summed E-state index contributed by atoms with van der Waals surface area (Å²) in [5.74, 6) is -2.24. The number of phosphoric acid groups is 1. The average molecular weight is 877 g/mol. The number of hydrogen-bond donors (Lipinski definition) is 3. The van der Waals surface area contributed by atoms with Gasteiger partial charge in [-0.15, -0.1) is 0 Å². The van der Waals surface area contributed by atoms with Crippen LogP contribution < -0.4 is 25.4 Å². The molecule has 1 atom stereocenters. The van der Waals surface area contributed by atoms with Gasteiger partial charge in [-0.1, -0.05) is 83.9 Å². The van der Waals surface area contributed by atoms with Crippen LogP contribution >= 0.6 is 31.0 Å². The number of halogens is 4. The number of carbonyl (C=O) groups excluding carboxylic acids is 3. The highest BCUT2D eigenvalue weighted by atomic mass is 35.5. The molecule has 314 valence electrons. The molecule has 3 N–H and O–H groups in total. The summed E-state index contributed by atoms with van der Waals surface area (Å²) < 4.78 is 75.3. The molecular weight excluding hydrogens is 834 g/mol. The van der Waals surface area contributed by atoms with Crippen LogP contribution in [0.5, 0.6) is 11.5 Å². The third-order valence-electron chi connectivity index (χ3n) is 9.94. The third-order valence-corrected chi connectivity index (χ3v) is 11.9. The summed E-state index contributed by atoms with van der Waals surface area (Å²) in [6.45, 7) is -1.43. The number of fused-ring (bicyclic) bond motifs is 3. The molecule has 3 saturated carbocycles. The van der Waals surface area contributed by atoms with Crippen LogP contribution in [0.15, 0.2) is 97.1 Å². The van der Waals surface area contributed by atoms with Crippen LogP contribution in [0.2, 0.25) is 10.0 Å². The molecule has 0 radical (unpaired) electrons. The van der Waals surface area contributed by atoms with Crippen LogP contribution in [0, 0.1) is 11.6 Å². The summed E-state index contributed by atoms with van der Waals surface area (Å²) >= 11 is 11.5. The third kappa shape index (κ3) is 12.4. The van der Waals surface area contributed by atoms with Crippen molar-refractivity contribution < 1.29 is 55.5 Å². The van der Waals surface area contributed by atoms with E-state index in [4.69, 9.17) is 51.0 Å². The Balaban J connectivity index is 1.07. The summed E-state index contributed by atoms with van der Waals surface area (Å²) in [5.41, 5.74) is -0.390. The molecule has 0 heterocycles. The lowest BCUT2D eigenvalue weighted by molar-refractivity contribution is -0.137. The molecule has 3 fully saturated rings. The van der Waals surface area contributed by atoms with Crippen LogP contribution in [0.3, 0.4) is 0 Å². The topological polar surface area (TPSA) is 160 Å². The van der Waals surface area contributed by atoms with Crippen molar-refractivity contribution >= 4 is 48.9 Å². The first-order valence-corrected chi connectivity index (χ1v) is 20.9. The fourth-order valence-electron chi connectivity index (χ4n) is 6.91. The van der Waals surface area contributed by atoms with Gasteiger partial charge in [0.1, 0.15) is 29.2 Å². The zero-order valence-corrected chi connectivity index (χ0v) is 34.0. The van der Waals surface area contributed by atoms with E-state index >= 15 is 0 Å². The van der Waals surface area contributed by atoms with Crippen molar-refractivity contribution in [3.05, 3.63) is 130 Å². The van der Waals surface area contributed by atoms with Gasteiger partial charge in [0.15, 0.2) is 13.2 Å². The second kappa shape index (κ2) is 20.0. The van der Waals surface area contributed by atoms with E-state index < -0.39 is 67.8 Å². The highest BCUT2D eigenvalue weighted by Crippen LogP contribution is 2.51. The Morgan fingerprint density at radius 1 is 0.695 bits per heavy atom. The lowest BCUT2D eigenvalue weighted by Gasteiger charge is -2.57. The molecule has 3 amide bonds. The van der Waals surface area contributed by atoms with Crippen molar-refractivity contribution in [3.63, 3.8) is 0 Å². The lowest BCUT2D eigenvalue weighted by Crippen LogP contribution is -2.71. The molecule has 13 nitrogen and oxygen atoms in total. The SMILES string of the molecule is O=C(COc1ccc(Cl)c(F)c1)NC12CCC(NC(=O)COc3ccc(Cl)c(F)c3)(CC1)C(OC(=O)NCCOP(=O)(OCc1ccccc1)OCc1ccccc1)C2. The van der Waals surface area contributed by atoms with E-state index in [0.29, 0.717) is 25.7 Å². The number of ether oxygens (including phenoxy) is 3. The van der Waals surface area contributed by atoms with Gasteiger partial charge >= 0.3 is 13.9 Å². The molecule has 59 heavy (non-hydrogen) atoms. The molecule has 4 aromatic rings. The standard InChI is InChI=1S/C41H42Cl2F2N3O10P/c42-32-13-11-30(21-34(32)44)53-26-37(49)47-40-15-17-41(18-16-40,48-38(50)27-54-31-12-14-33(43)35(45)22-31)36(23-40)58-39(51)46-19-20-55-59(52,56-24-28-7-3-1-4-8-28)57-25-29-9-5-2-6-10-29/h1-14,21-22,36H,15-20,23-27H2,(H,46,51)(H,47,49)(H,48,50). The van der Waals surface area contributed by atoms with E-state index in [9.17, 15) is 27.7 Å². The van der Waals surface area contributed by atoms with E-state index in [1.54, 1.807) is 24.3 Å².